The first-order valence-electron chi connectivity index (χ1n) is 8.89. The van der Waals surface area contributed by atoms with Gasteiger partial charge in [0.1, 0.15) is 12.4 Å². The van der Waals surface area contributed by atoms with Crippen LogP contribution in [0.2, 0.25) is 0 Å². The van der Waals surface area contributed by atoms with E-state index in [4.69, 9.17) is 14.2 Å². The molecule has 0 aliphatic rings. The molecule has 0 spiro atoms. The van der Waals surface area contributed by atoms with Crippen LogP contribution in [0, 0.1) is 5.92 Å². The molecule has 0 aliphatic heterocycles. The molecule has 0 bridgehead atoms. The molecule has 0 radical (unpaired) electrons. The van der Waals surface area contributed by atoms with Crippen LogP contribution in [0.3, 0.4) is 0 Å². The molecular formula is C20H33NO5. The molecule has 0 fully saturated rings. The minimum atomic E-state index is -0.993. The predicted molar refractivity (Wildman–Crippen MR) is 101 cm³/mol. The standard InChI is InChI=1S/C20H33NO5/c1-15(25-14-24-13-16-10-8-7-9-11-16)18(22)17(12-21(5)6)19(23)26-20(2,3)4/h7-11,15,17-18,22H,12-14H2,1-6H3/t15-,17?,18-/m0/s1. The van der Waals surface area contributed by atoms with Crippen molar-refractivity contribution in [3.8, 4) is 0 Å². The van der Waals surface area contributed by atoms with Crippen LogP contribution in [-0.2, 0) is 25.6 Å². The Morgan fingerprint density at radius 3 is 2.35 bits per heavy atom. The molecule has 0 saturated carbocycles. The first kappa shape index (κ1) is 22.6. The van der Waals surface area contributed by atoms with Gasteiger partial charge >= 0.3 is 5.97 Å². The number of carbonyl (C=O) groups excluding carboxylic acids is 1. The number of aliphatic hydroxyl groups excluding tert-OH is 1. The summed E-state index contributed by atoms with van der Waals surface area (Å²) in [5, 5.41) is 10.6. The third kappa shape index (κ3) is 8.76. The molecule has 3 atom stereocenters. The van der Waals surface area contributed by atoms with Crippen molar-refractivity contribution in [2.45, 2.75) is 52.1 Å². The van der Waals surface area contributed by atoms with Gasteiger partial charge in [-0.05, 0) is 47.4 Å². The molecule has 0 saturated heterocycles. The molecule has 1 unspecified atom stereocenters. The van der Waals surface area contributed by atoms with Crippen LogP contribution < -0.4 is 0 Å². The van der Waals surface area contributed by atoms with Gasteiger partial charge in [-0.25, -0.2) is 0 Å². The summed E-state index contributed by atoms with van der Waals surface area (Å²) in [6.07, 6.45) is -1.56. The van der Waals surface area contributed by atoms with E-state index in [0.29, 0.717) is 13.2 Å². The number of carbonyl (C=O) groups is 1. The molecule has 0 heterocycles. The Kier molecular flexibility index (Phi) is 9.22. The van der Waals surface area contributed by atoms with E-state index < -0.39 is 29.7 Å². The van der Waals surface area contributed by atoms with Crippen LogP contribution in [0.25, 0.3) is 0 Å². The maximum absolute atomic E-state index is 12.5. The quantitative estimate of drug-likeness (QED) is 0.389. The fourth-order valence-electron chi connectivity index (χ4n) is 2.41. The fourth-order valence-corrected chi connectivity index (χ4v) is 2.41. The van der Waals surface area contributed by atoms with Crippen LogP contribution in [-0.4, -0.2) is 61.2 Å². The number of esters is 1. The summed E-state index contributed by atoms with van der Waals surface area (Å²) in [4.78, 5) is 14.3. The van der Waals surface area contributed by atoms with Crippen LogP contribution >= 0.6 is 0 Å². The van der Waals surface area contributed by atoms with Crippen molar-refractivity contribution in [1.29, 1.82) is 0 Å². The van der Waals surface area contributed by atoms with Crippen molar-refractivity contribution in [2.24, 2.45) is 5.92 Å². The van der Waals surface area contributed by atoms with Gasteiger partial charge in [-0.3, -0.25) is 4.79 Å². The van der Waals surface area contributed by atoms with Gasteiger partial charge in [-0.1, -0.05) is 30.3 Å². The number of ether oxygens (including phenoxy) is 3. The second-order valence-electron chi connectivity index (χ2n) is 7.72. The van der Waals surface area contributed by atoms with Crippen molar-refractivity contribution in [3.63, 3.8) is 0 Å². The predicted octanol–water partition coefficient (Wildman–Crippen LogP) is 2.45. The Morgan fingerprint density at radius 1 is 1.19 bits per heavy atom. The number of aliphatic hydroxyl groups is 1. The Morgan fingerprint density at radius 2 is 1.81 bits per heavy atom. The zero-order valence-electron chi connectivity index (χ0n) is 16.8. The summed E-state index contributed by atoms with van der Waals surface area (Å²) in [6, 6.07) is 9.76. The number of rotatable bonds is 10. The summed E-state index contributed by atoms with van der Waals surface area (Å²) in [6.45, 7) is 7.98. The highest BCUT2D eigenvalue weighted by molar-refractivity contribution is 5.74. The van der Waals surface area contributed by atoms with Crippen molar-refractivity contribution < 1.29 is 24.1 Å². The van der Waals surface area contributed by atoms with E-state index in [9.17, 15) is 9.90 Å². The fraction of sp³-hybridized carbons (Fsp3) is 0.650. The molecule has 148 valence electrons. The molecule has 0 amide bonds. The van der Waals surface area contributed by atoms with Gasteiger partial charge in [-0.2, -0.15) is 0 Å². The first-order chi connectivity index (χ1) is 12.1. The highest BCUT2D eigenvalue weighted by Crippen LogP contribution is 2.18. The van der Waals surface area contributed by atoms with E-state index in [1.807, 2.05) is 49.3 Å². The molecule has 6 nitrogen and oxygen atoms in total. The van der Waals surface area contributed by atoms with E-state index >= 15 is 0 Å². The van der Waals surface area contributed by atoms with Gasteiger partial charge in [0.15, 0.2) is 0 Å². The lowest BCUT2D eigenvalue weighted by molar-refractivity contribution is -0.174. The second kappa shape index (κ2) is 10.6. The van der Waals surface area contributed by atoms with Crippen molar-refractivity contribution in [2.75, 3.05) is 27.4 Å². The van der Waals surface area contributed by atoms with Crippen LogP contribution in [0.5, 0.6) is 0 Å². The minimum absolute atomic E-state index is 0.0378. The van der Waals surface area contributed by atoms with E-state index in [-0.39, 0.29) is 6.79 Å². The van der Waals surface area contributed by atoms with E-state index in [0.717, 1.165) is 5.56 Å². The zero-order chi connectivity index (χ0) is 19.7. The number of benzene rings is 1. The molecule has 1 aromatic rings. The molecule has 0 aliphatic carbocycles. The summed E-state index contributed by atoms with van der Waals surface area (Å²) < 4.78 is 16.5. The number of hydrogen-bond acceptors (Lipinski definition) is 6. The van der Waals surface area contributed by atoms with Gasteiger partial charge in [0.25, 0.3) is 0 Å². The Labute approximate surface area is 157 Å². The molecule has 1 aromatic carbocycles. The summed E-state index contributed by atoms with van der Waals surface area (Å²) >= 11 is 0. The van der Waals surface area contributed by atoms with Crippen LogP contribution in [0.1, 0.15) is 33.3 Å². The molecule has 1 rings (SSSR count). The Balaban J connectivity index is 2.53. The summed E-state index contributed by atoms with van der Waals surface area (Å²) in [7, 11) is 3.69. The van der Waals surface area contributed by atoms with Gasteiger partial charge in [0, 0.05) is 6.54 Å². The smallest absolute Gasteiger partial charge is 0.313 e. The molecule has 6 heteroatoms. The minimum Gasteiger partial charge on any atom is -0.460 e. The Bertz CT molecular complexity index is 527. The highest BCUT2D eigenvalue weighted by Gasteiger charge is 2.35. The van der Waals surface area contributed by atoms with E-state index in [1.54, 1.807) is 27.7 Å². The average molecular weight is 367 g/mol. The second-order valence-corrected chi connectivity index (χ2v) is 7.72. The van der Waals surface area contributed by atoms with E-state index in [1.165, 1.54) is 0 Å². The largest absolute Gasteiger partial charge is 0.460 e. The molecular weight excluding hydrogens is 334 g/mol. The van der Waals surface area contributed by atoms with Gasteiger partial charge in [-0.15, -0.1) is 0 Å². The molecule has 0 aromatic heterocycles. The third-order valence-electron chi connectivity index (χ3n) is 3.69. The maximum Gasteiger partial charge on any atom is 0.313 e. The zero-order valence-corrected chi connectivity index (χ0v) is 16.8. The first-order valence-corrected chi connectivity index (χ1v) is 8.89. The van der Waals surface area contributed by atoms with Crippen molar-refractivity contribution >= 4 is 5.97 Å². The topological polar surface area (TPSA) is 68.2 Å². The lowest BCUT2D eigenvalue weighted by Crippen LogP contribution is -2.45. The van der Waals surface area contributed by atoms with Gasteiger partial charge < -0.3 is 24.2 Å². The SMILES string of the molecule is C[C@H](OCOCc1ccccc1)[C@H](O)C(CN(C)C)C(=O)OC(C)(C)C. The molecule has 26 heavy (non-hydrogen) atoms. The van der Waals surface area contributed by atoms with Gasteiger partial charge in [0.05, 0.1) is 24.7 Å². The third-order valence-corrected chi connectivity index (χ3v) is 3.69. The maximum atomic E-state index is 12.5. The van der Waals surface area contributed by atoms with Gasteiger partial charge in [0.2, 0.25) is 0 Å². The highest BCUT2D eigenvalue weighted by atomic mass is 16.7. The van der Waals surface area contributed by atoms with Crippen molar-refractivity contribution in [1.82, 2.24) is 4.90 Å². The summed E-state index contributed by atoms with van der Waals surface area (Å²) in [5.74, 6) is -1.13. The van der Waals surface area contributed by atoms with Crippen LogP contribution in [0.4, 0.5) is 0 Å². The number of nitrogens with zero attached hydrogens (tertiary/aromatic N) is 1. The normalized spacial score (nSPS) is 15.5. The van der Waals surface area contributed by atoms with E-state index in [2.05, 4.69) is 0 Å². The average Bonchev–Trinajstić information content (AvgIpc) is 2.55. The lowest BCUT2D eigenvalue weighted by atomic mass is 9.97. The van der Waals surface area contributed by atoms with Crippen molar-refractivity contribution in [3.05, 3.63) is 35.9 Å². The molecule has 1 N–H and O–H groups in total. The summed E-state index contributed by atoms with van der Waals surface area (Å²) in [5.41, 5.74) is 0.438. The Hall–Kier alpha value is -1.47. The number of hydrogen-bond donors (Lipinski definition) is 1. The monoisotopic (exact) mass is 367 g/mol. The van der Waals surface area contributed by atoms with Crippen LogP contribution in [0.15, 0.2) is 30.3 Å². The lowest BCUT2D eigenvalue weighted by Gasteiger charge is -2.31.